The molecule has 9 heteroatoms. The van der Waals surface area contributed by atoms with Crippen LogP contribution >= 0.6 is 34.5 Å². The van der Waals surface area contributed by atoms with Crippen LogP contribution in [0.3, 0.4) is 0 Å². The standard InChI is InChI=1S/C17H12Cl2N4O2S/c18-10-2-1-3-11(19)12(10)13(24)14-15(20)23-17(26-14)22-9-6-4-8(5-7-9)16(21)25/h1-7H,20H2,(H2,21,25)(H,22,23). The van der Waals surface area contributed by atoms with E-state index in [1.165, 1.54) is 0 Å². The number of hydrogen-bond donors (Lipinski definition) is 3. The number of benzene rings is 2. The Bertz CT molecular complexity index is 982. The number of thiazole rings is 1. The van der Waals surface area contributed by atoms with E-state index in [4.69, 9.17) is 34.7 Å². The lowest BCUT2D eigenvalue weighted by atomic mass is 10.1. The monoisotopic (exact) mass is 406 g/mol. The van der Waals surface area contributed by atoms with Crippen molar-refractivity contribution in [1.82, 2.24) is 4.98 Å². The van der Waals surface area contributed by atoms with Crippen LogP contribution in [0.25, 0.3) is 0 Å². The summed E-state index contributed by atoms with van der Waals surface area (Å²) in [5.41, 5.74) is 12.3. The number of carbonyl (C=O) groups is 2. The molecular weight excluding hydrogens is 395 g/mol. The Morgan fingerprint density at radius 1 is 1.04 bits per heavy atom. The van der Waals surface area contributed by atoms with E-state index >= 15 is 0 Å². The fraction of sp³-hybridized carbons (Fsp3) is 0. The van der Waals surface area contributed by atoms with Gasteiger partial charge in [-0.3, -0.25) is 9.59 Å². The molecule has 0 radical (unpaired) electrons. The Kier molecular flexibility index (Phi) is 5.13. The molecule has 5 N–H and O–H groups in total. The van der Waals surface area contributed by atoms with Crippen LogP contribution in [0.15, 0.2) is 42.5 Å². The van der Waals surface area contributed by atoms with Gasteiger partial charge in [-0.2, -0.15) is 0 Å². The van der Waals surface area contributed by atoms with Gasteiger partial charge in [-0.25, -0.2) is 4.98 Å². The first kappa shape index (κ1) is 18.2. The van der Waals surface area contributed by atoms with Crippen molar-refractivity contribution in [2.75, 3.05) is 11.1 Å². The molecule has 6 nitrogen and oxygen atoms in total. The maximum atomic E-state index is 12.7. The molecule has 2 aromatic carbocycles. The summed E-state index contributed by atoms with van der Waals surface area (Å²) in [5.74, 6) is -0.834. The van der Waals surface area contributed by atoms with Crippen LogP contribution in [0.5, 0.6) is 0 Å². The predicted octanol–water partition coefficient (Wildman–Crippen LogP) is 4.11. The highest BCUT2D eigenvalue weighted by Crippen LogP contribution is 2.33. The Hall–Kier alpha value is -2.61. The Labute approximate surface area is 162 Å². The summed E-state index contributed by atoms with van der Waals surface area (Å²) >= 11 is 13.3. The number of carbonyl (C=O) groups excluding carboxylic acids is 2. The van der Waals surface area contributed by atoms with Crippen molar-refractivity contribution < 1.29 is 9.59 Å². The maximum Gasteiger partial charge on any atom is 0.248 e. The number of amides is 1. The zero-order valence-electron chi connectivity index (χ0n) is 13.1. The number of anilines is 3. The molecule has 1 aromatic heterocycles. The second-order valence-corrected chi connectivity index (χ2v) is 7.04. The van der Waals surface area contributed by atoms with E-state index < -0.39 is 11.7 Å². The predicted molar refractivity (Wildman–Crippen MR) is 105 cm³/mol. The van der Waals surface area contributed by atoms with Crippen LogP contribution in [-0.2, 0) is 0 Å². The molecule has 0 unspecified atom stereocenters. The molecule has 1 amide bonds. The molecule has 3 rings (SSSR count). The first-order chi connectivity index (χ1) is 12.4. The smallest absolute Gasteiger partial charge is 0.248 e. The van der Waals surface area contributed by atoms with Crippen LogP contribution in [0, 0.1) is 0 Å². The fourth-order valence-corrected chi connectivity index (χ4v) is 3.64. The quantitative estimate of drug-likeness (QED) is 0.552. The Balaban J connectivity index is 1.87. The van der Waals surface area contributed by atoms with Gasteiger partial charge in [0, 0.05) is 11.3 Å². The van der Waals surface area contributed by atoms with E-state index in [0.717, 1.165) is 11.3 Å². The van der Waals surface area contributed by atoms with Crippen molar-refractivity contribution in [3.8, 4) is 0 Å². The third-order valence-corrected chi connectivity index (χ3v) is 5.09. The van der Waals surface area contributed by atoms with E-state index in [2.05, 4.69) is 10.3 Å². The third kappa shape index (κ3) is 3.65. The number of rotatable bonds is 5. The SMILES string of the molecule is NC(=O)c1ccc(Nc2nc(N)c(C(=O)c3c(Cl)cccc3Cl)s2)cc1. The minimum atomic E-state index is -0.514. The highest BCUT2D eigenvalue weighted by molar-refractivity contribution is 7.18. The van der Waals surface area contributed by atoms with Crippen LogP contribution < -0.4 is 16.8 Å². The van der Waals surface area contributed by atoms with Gasteiger partial charge in [-0.1, -0.05) is 40.6 Å². The van der Waals surface area contributed by atoms with Crippen molar-refractivity contribution in [3.63, 3.8) is 0 Å². The number of ketones is 1. The zero-order chi connectivity index (χ0) is 18.8. The minimum Gasteiger partial charge on any atom is -0.382 e. The first-order valence-electron chi connectivity index (χ1n) is 7.28. The number of nitrogens with two attached hydrogens (primary N) is 2. The topological polar surface area (TPSA) is 111 Å². The molecule has 0 saturated carbocycles. The summed E-state index contributed by atoms with van der Waals surface area (Å²) in [5, 5.41) is 3.93. The second kappa shape index (κ2) is 7.33. The number of primary amides is 1. The maximum absolute atomic E-state index is 12.7. The molecule has 0 bridgehead atoms. The van der Waals surface area contributed by atoms with Crippen LogP contribution in [0.1, 0.15) is 25.6 Å². The lowest BCUT2D eigenvalue weighted by Crippen LogP contribution is -2.10. The van der Waals surface area contributed by atoms with Crippen LogP contribution in [0.4, 0.5) is 16.6 Å². The molecule has 0 aliphatic heterocycles. The Morgan fingerprint density at radius 3 is 2.23 bits per heavy atom. The van der Waals surface area contributed by atoms with Crippen molar-refractivity contribution in [2.24, 2.45) is 5.73 Å². The number of nitrogens with zero attached hydrogens (tertiary/aromatic N) is 1. The molecule has 0 aliphatic carbocycles. The summed E-state index contributed by atoms with van der Waals surface area (Å²) in [6.45, 7) is 0. The summed E-state index contributed by atoms with van der Waals surface area (Å²) in [4.78, 5) is 28.2. The molecule has 3 aromatic rings. The zero-order valence-corrected chi connectivity index (χ0v) is 15.5. The van der Waals surface area contributed by atoms with Gasteiger partial charge in [0.1, 0.15) is 10.7 Å². The third-order valence-electron chi connectivity index (χ3n) is 3.47. The van der Waals surface area contributed by atoms with Crippen LogP contribution in [0.2, 0.25) is 10.0 Å². The average molecular weight is 407 g/mol. The lowest BCUT2D eigenvalue weighted by molar-refractivity contribution is 0.0998. The molecule has 26 heavy (non-hydrogen) atoms. The van der Waals surface area contributed by atoms with Gasteiger partial charge in [0.05, 0.1) is 15.6 Å². The average Bonchev–Trinajstić information content (AvgIpc) is 2.95. The molecule has 132 valence electrons. The van der Waals surface area contributed by atoms with E-state index in [1.807, 2.05) is 0 Å². The highest BCUT2D eigenvalue weighted by Gasteiger charge is 2.22. The molecule has 0 aliphatic rings. The number of hydrogen-bond acceptors (Lipinski definition) is 6. The first-order valence-corrected chi connectivity index (χ1v) is 8.86. The van der Waals surface area contributed by atoms with Gasteiger partial charge in [-0.05, 0) is 36.4 Å². The fourth-order valence-electron chi connectivity index (χ4n) is 2.22. The van der Waals surface area contributed by atoms with Gasteiger partial charge in [0.25, 0.3) is 0 Å². The van der Waals surface area contributed by atoms with Crippen molar-refractivity contribution in [1.29, 1.82) is 0 Å². The number of nitrogens with one attached hydrogen (secondary N) is 1. The number of nitrogen functional groups attached to an aromatic ring is 1. The number of halogens is 2. The molecule has 0 saturated heterocycles. The lowest BCUT2D eigenvalue weighted by Gasteiger charge is -2.04. The van der Waals surface area contributed by atoms with Crippen molar-refractivity contribution >= 4 is 62.9 Å². The van der Waals surface area contributed by atoms with Gasteiger partial charge >= 0.3 is 0 Å². The Morgan fingerprint density at radius 2 is 1.65 bits per heavy atom. The van der Waals surface area contributed by atoms with Crippen LogP contribution in [-0.4, -0.2) is 16.7 Å². The van der Waals surface area contributed by atoms with Gasteiger partial charge < -0.3 is 16.8 Å². The largest absolute Gasteiger partial charge is 0.382 e. The summed E-state index contributed by atoms with van der Waals surface area (Å²) in [6, 6.07) is 11.3. The van der Waals surface area contributed by atoms with E-state index in [1.54, 1.807) is 42.5 Å². The molecular formula is C17H12Cl2N4O2S. The molecule has 1 heterocycles. The summed E-state index contributed by atoms with van der Waals surface area (Å²) in [7, 11) is 0. The van der Waals surface area contributed by atoms with Gasteiger partial charge in [0.2, 0.25) is 11.7 Å². The van der Waals surface area contributed by atoms with Crippen molar-refractivity contribution in [3.05, 3.63) is 68.5 Å². The van der Waals surface area contributed by atoms with E-state index in [-0.39, 0.29) is 26.3 Å². The van der Waals surface area contributed by atoms with E-state index in [9.17, 15) is 9.59 Å². The van der Waals surface area contributed by atoms with Crippen molar-refractivity contribution in [2.45, 2.75) is 0 Å². The molecule has 0 fully saturated rings. The second-order valence-electron chi connectivity index (χ2n) is 5.23. The minimum absolute atomic E-state index is 0.0762. The van der Waals surface area contributed by atoms with Gasteiger partial charge in [-0.15, -0.1) is 0 Å². The van der Waals surface area contributed by atoms with E-state index in [0.29, 0.717) is 16.4 Å². The molecule has 0 atom stereocenters. The normalized spacial score (nSPS) is 10.5. The van der Waals surface area contributed by atoms with Gasteiger partial charge in [0.15, 0.2) is 5.13 Å². The summed E-state index contributed by atoms with van der Waals surface area (Å²) < 4.78 is 0. The summed E-state index contributed by atoms with van der Waals surface area (Å²) in [6.07, 6.45) is 0. The number of aromatic nitrogens is 1. The highest BCUT2D eigenvalue weighted by atomic mass is 35.5. The molecule has 0 spiro atoms.